The van der Waals surface area contributed by atoms with Crippen molar-refractivity contribution in [1.29, 1.82) is 0 Å². The molecule has 11 heavy (non-hydrogen) atoms. The summed E-state index contributed by atoms with van der Waals surface area (Å²) >= 11 is 0. The van der Waals surface area contributed by atoms with Gasteiger partial charge in [-0.05, 0) is 0 Å². The van der Waals surface area contributed by atoms with Crippen molar-refractivity contribution in [3.8, 4) is 0 Å². The quantitative estimate of drug-likeness (QED) is 0.547. The zero-order valence-electron chi connectivity index (χ0n) is 6.16. The fourth-order valence-electron chi connectivity index (χ4n) is 0.711. The molecule has 0 saturated carbocycles. The second-order valence-corrected chi connectivity index (χ2v) is 2.06. The molecule has 1 unspecified atom stereocenters. The van der Waals surface area contributed by atoms with Crippen molar-refractivity contribution >= 4 is 6.29 Å². The number of carbonyl (C=O) groups excluding carboxylic acids is 1. The molecule has 0 saturated heterocycles. The van der Waals surface area contributed by atoms with Crippen LogP contribution in [0, 0.1) is 13.0 Å². The van der Waals surface area contributed by atoms with Crippen molar-refractivity contribution in [1.82, 2.24) is 0 Å². The van der Waals surface area contributed by atoms with Crippen LogP contribution in [0.15, 0.2) is 24.3 Å². The van der Waals surface area contributed by atoms with E-state index in [1.165, 1.54) is 0 Å². The molecule has 0 heterocycles. The molecule has 1 rings (SSSR count). The van der Waals surface area contributed by atoms with E-state index < -0.39 is 0 Å². The zero-order valence-corrected chi connectivity index (χ0v) is 9.00. The number of hydrogen-bond donors (Lipinski definition) is 0. The molecule has 0 aliphatic carbocycles. The van der Waals surface area contributed by atoms with Crippen LogP contribution in [0.2, 0.25) is 0 Å². The molecule has 0 aliphatic rings. The first-order valence-corrected chi connectivity index (χ1v) is 3.09. The van der Waals surface area contributed by atoms with Gasteiger partial charge >= 0.3 is 0 Å². The molecule has 1 nitrogen and oxygen atoms in total. The normalized spacial score (nSPS) is 11.4. The van der Waals surface area contributed by atoms with Crippen LogP contribution in [0.3, 0.4) is 0 Å². The molecule has 0 aliphatic heterocycles. The van der Waals surface area contributed by atoms with E-state index in [4.69, 9.17) is 0 Å². The fraction of sp³-hybridized carbons (Fsp3) is 0.111. The van der Waals surface area contributed by atoms with Gasteiger partial charge < -0.3 is 11.7 Å². The molecule has 0 fully saturated rings. The summed E-state index contributed by atoms with van der Waals surface area (Å²) in [6, 6.07) is 10.3. The Balaban J connectivity index is 0.000001000. The monoisotopic (exact) mass is 221 g/mol. The van der Waals surface area contributed by atoms with E-state index in [1.54, 1.807) is 6.07 Å². The zero-order chi connectivity index (χ0) is 7.40. The van der Waals surface area contributed by atoms with Gasteiger partial charge in [-0.1, -0.05) is 0 Å². The van der Waals surface area contributed by atoms with Gasteiger partial charge in [-0.25, -0.2) is 0 Å². The van der Waals surface area contributed by atoms with Gasteiger partial charge in [0, 0.05) is 32.7 Å². The first-order chi connectivity index (χ1) is 4.84. The Kier molecular flexibility index (Phi) is 5.62. The van der Waals surface area contributed by atoms with E-state index in [1.807, 2.05) is 18.2 Å². The summed E-state index contributed by atoms with van der Waals surface area (Å²) in [6.07, 6.45) is 0.811. The number of benzene rings is 1. The Morgan fingerprint density at radius 3 is 2.73 bits per heavy atom. The molecule has 1 atom stereocenters. The Bertz CT molecular complexity index is 208. The van der Waals surface area contributed by atoms with Gasteiger partial charge in [0.2, 0.25) is 0 Å². The standard InChI is InChI=1S/C9H8O.Y/c1-8(7-10)9-5-3-2-4-6-9;/h2-5,7-8H,1H2;/q-2;. The van der Waals surface area contributed by atoms with Gasteiger partial charge in [0.05, 0.1) is 6.29 Å². The third kappa shape index (κ3) is 3.26. The molecule has 2 heteroatoms. The Morgan fingerprint density at radius 2 is 2.27 bits per heavy atom. The second kappa shape index (κ2) is 5.62. The van der Waals surface area contributed by atoms with Crippen molar-refractivity contribution in [2.24, 2.45) is 0 Å². The fourth-order valence-corrected chi connectivity index (χ4v) is 0.711. The Morgan fingerprint density at radius 1 is 1.55 bits per heavy atom. The van der Waals surface area contributed by atoms with Crippen LogP contribution >= 0.6 is 0 Å². The smallest absolute Gasteiger partial charge is 0.0949 e. The molecule has 0 amide bonds. The van der Waals surface area contributed by atoms with Crippen LogP contribution < -0.4 is 0 Å². The van der Waals surface area contributed by atoms with Crippen molar-refractivity contribution in [3.63, 3.8) is 0 Å². The maximum atomic E-state index is 10.2. The van der Waals surface area contributed by atoms with Crippen molar-refractivity contribution in [2.75, 3.05) is 0 Å². The van der Waals surface area contributed by atoms with Gasteiger partial charge in [0.1, 0.15) is 0 Å². The number of rotatable bonds is 2. The van der Waals surface area contributed by atoms with Crippen LogP contribution in [0.5, 0.6) is 0 Å². The van der Waals surface area contributed by atoms with E-state index in [0.29, 0.717) is 0 Å². The molecule has 0 spiro atoms. The van der Waals surface area contributed by atoms with E-state index in [2.05, 4.69) is 13.0 Å². The van der Waals surface area contributed by atoms with E-state index in [9.17, 15) is 4.79 Å². The van der Waals surface area contributed by atoms with E-state index >= 15 is 0 Å². The minimum atomic E-state index is -0.277. The molecule has 0 aromatic heterocycles. The number of aldehydes is 1. The van der Waals surface area contributed by atoms with Gasteiger partial charge in [-0.2, -0.15) is 35.9 Å². The van der Waals surface area contributed by atoms with Crippen molar-refractivity contribution in [2.45, 2.75) is 5.92 Å². The summed E-state index contributed by atoms with van der Waals surface area (Å²) in [5.41, 5.74) is 0.845. The van der Waals surface area contributed by atoms with Gasteiger partial charge in [0.15, 0.2) is 0 Å². The Labute approximate surface area is 92.1 Å². The van der Waals surface area contributed by atoms with Gasteiger partial charge in [0.25, 0.3) is 0 Å². The first kappa shape index (κ1) is 11.0. The Hall–Kier alpha value is -0.00610. The molecule has 1 aromatic carbocycles. The topological polar surface area (TPSA) is 17.1 Å². The molecule has 55 valence electrons. The van der Waals surface area contributed by atoms with Crippen LogP contribution in [0.1, 0.15) is 11.5 Å². The summed E-state index contributed by atoms with van der Waals surface area (Å²) in [7, 11) is 0. The van der Waals surface area contributed by atoms with Crippen LogP contribution in [0.4, 0.5) is 0 Å². The maximum absolute atomic E-state index is 10.2. The molecular formula is C9H8OY-2. The summed E-state index contributed by atoms with van der Waals surface area (Å²) in [5, 5.41) is 0. The molecule has 1 aromatic rings. The third-order valence-corrected chi connectivity index (χ3v) is 1.30. The minimum Gasteiger partial charge on any atom is -0.331 e. The molecular weight excluding hydrogens is 213 g/mol. The number of carbonyl (C=O) groups is 1. The summed E-state index contributed by atoms with van der Waals surface area (Å²) in [4.78, 5) is 10.2. The number of hydrogen-bond acceptors (Lipinski definition) is 1. The summed E-state index contributed by atoms with van der Waals surface area (Å²) in [5.74, 6) is -0.277. The second-order valence-electron chi connectivity index (χ2n) is 2.06. The van der Waals surface area contributed by atoms with Gasteiger partial charge in [-0.3, -0.25) is 0 Å². The van der Waals surface area contributed by atoms with Crippen LogP contribution in [0.25, 0.3) is 0 Å². The first-order valence-electron chi connectivity index (χ1n) is 3.09. The average molecular weight is 221 g/mol. The SMILES string of the molecule is [CH2-]C(C=O)c1[c-]cccc1.[Y]. The van der Waals surface area contributed by atoms with Crippen LogP contribution in [-0.4, -0.2) is 6.29 Å². The maximum Gasteiger partial charge on any atom is 0.0949 e. The van der Waals surface area contributed by atoms with E-state index in [-0.39, 0.29) is 38.6 Å². The third-order valence-electron chi connectivity index (χ3n) is 1.30. The average Bonchev–Trinajstić information content (AvgIpc) is 2.05. The molecule has 0 bridgehead atoms. The largest absolute Gasteiger partial charge is 0.331 e. The minimum absolute atomic E-state index is 0. The molecule has 1 radical (unpaired) electrons. The summed E-state index contributed by atoms with van der Waals surface area (Å²) in [6.45, 7) is 3.63. The van der Waals surface area contributed by atoms with Crippen molar-refractivity contribution in [3.05, 3.63) is 42.8 Å². The predicted molar refractivity (Wildman–Crippen MR) is 39.4 cm³/mol. The summed E-state index contributed by atoms with van der Waals surface area (Å²) < 4.78 is 0. The van der Waals surface area contributed by atoms with Crippen molar-refractivity contribution < 1.29 is 37.5 Å². The van der Waals surface area contributed by atoms with Crippen LogP contribution in [-0.2, 0) is 37.5 Å². The molecule has 0 N–H and O–H groups in total. The predicted octanol–water partition coefficient (Wildman–Crippen LogP) is 1.60. The van der Waals surface area contributed by atoms with Gasteiger partial charge in [-0.15, -0.1) is 5.92 Å². The van der Waals surface area contributed by atoms with E-state index in [0.717, 1.165) is 11.8 Å².